The highest BCUT2D eigenvalue weighted by Gasteiger charge is 2.06. The largest absolute Gasteiger partial charge is 0.352 e. The molecule has 0 aliphatic heterocycles. The normalized spacial score (nSPS) is 12.0. The Morgan fingerprint density at radius 3 is 2.62 bits per heavy atom. The van der Waals surface area contributed by atoms with Crippen LogP contribution in [0.4, 0.5) is 17.5 Å². The fraction of sp³-hybridized carbons (Fsp3) is 0.412. The molecule has 112 valence electrons. The smallest absolute Gasteiger partial charge is 0.225 e. The maximum absolute atomic E-state index is 4.56. The zero-order valence-electron chi connectivity index (χ0n) is 13.3. The van der Waals surface area contributed by atoms with Crippen molar-refractivity contribution in [1.29, 1.82) is 0 Å². The molecule has 4 heteroatoms. The van der Waals surface area contributed by atoms with Crippen LogP contribution in [0.2, 0.25) is 0 Å². The van der Waals surface area contributed by atoms with Gasteiger partial charge in [-0.15, -0.1) is 0 Å². The Morgan fingerprint density at radius 1 is 1.14 bits per heavy atom. The first-order chi connectivity index (χ1) is 10.1. The number of para-hydroxylation sites is 1. The fourth-order valence-corrected chi connectivity index (χ4v) is 2.11. The SMILES string of the molecule is CCc1ccccc1Nc1cc(C)nc(NC(C)CC)n1. The van der Waals surface area contributed by atoms with Gasteiger partial charge in [0.25, 0.3) is 0 Å². The van der Waals surface area contributed by atoms with Crippen molar-refractivity contribution < 1.29 is 0 Å². The highest BCUT2D eigenvalue weighted by atomic mass is 15.2. The molecule has 2 aromatic rings. The molecule has 2 N–H and O–H groups in total. The summed E-state index contributed by atoms with van der Waals surface area (Å²) in [6.07, 6.45) is 2.03. The van der Waals surface area contributed by atoms with Gasteiger partial charge in [-0.3, -0.25) is 0 Å². The molecule has 0 saturated carbocycles. The number of nitrogens with zero attached hydrogens (tertiary/aromatic N) is 2. The summed E-state index contributed by atoms with van der Waals surface area (Å²) < 4.78 is 0. The Morgan fingerprint density at radius 2 is 1.90 bits per heavy atom. The quantitative estimate of drug-likeness (QED) is 0.830. The van der Waals surface area contributed by atoms with Crippen molar-refractivity contribution in [3.63, 3.8) is 0 Å². The second kappa shape index (κ2) is 7.07. The van der Waals surface area contributed by atoms with Crippen molar-refractivity contribution in [1.82, 2.24) is 9.97 Å². The average molecular weight is 284 g/mol. The summed E-state index contributed by atoms with van der Waals surface area (Å²) >= 11 is 0. The van der Waals surface area contributed by atoms with Crippen molar-refractivity contribution in [2.75, 3.05) is 10.6 Å². The number of hydrogen-bond acceptors (Lipinski definition) is 4. The lowest BCUT2D eigenvalue weighted by molar-refractivity contribution is 0.752. The molecular weight excluding hydrogens is 260 g/mol. The van der Waals surface area contributed by atoms with E-state index in [2.05, 4.69) is 59.6 Å². The number of hydrogen-bond donors (Lipinski definition) is 2. The molecule has 1 aromatic heterocycles. The summed E-state index contributed by atoms with van der Waals surface area (Å²) in [5, 5.41) is 6.73. The zero-order chi connectivity index (χ0) is 15.2. The summed E-state index contributed by atoms with van der Waals surface area (Å²) in [5.41, 5.74) is 3.34. The zero-order valence-corrected chi connectivity index (χ0v) is 13.3. The lowest BCUT2D eigenvalue weighted by atomic mass is 10.1. The molecule has 1 unspecified atom stereocenters. The molecule has 0 fully saturated rings. The van der Waals surface area contributed by atoms with Crippen molar-refractivity contribution in [3.05, 3.63) is 41.6 Å². The van der Waals surface area contributed by atoms with Crippen LogP contribution >= 0.6 is 0 Å². The molecule has 0 aliphatic rings. The average Bonchev–Trinajstić information content (AvgIpc) is 2.47. The Bertz CT molecular complexity index is 595. The van der Waals surface area contributed by atoms with Gasteiger partial charge in [0.05, 0.1) is 0 Å². The lowest BCUT2D eigenvalue weighted by Gasteiger charge is -2.14. The summed E-state index contributed by atoms with van der Waals surface area (Å²) in [7, 11) is 0. The fourth-order valence-electron chi connectivity index (χ4n) is 2.11. The summed E-state index contributed by atoms with van der Waals surface area (Å²) in [5.74, 6) is 1.51. The van der Waals surface area contributed by atoms with Crippen molar-refractivity contribution in [3.8, 4) is 0 Å². The molecule has 0 saturated heterocycles. The summed E-state index contributed by atoms with van der Waals surface area (Å²) in [6.45, 7) is 8.41. The van der Waals surface area contributed by atoms with Crippen LogP contribution in [0.15, 0.2) is 30.3 Å². The molecule has 0 amide bonds. The van der Waals surface area contributed by atoms with Crippen molar-refractivity contribution >= 4 is 17.5 Å². The van der Waals surface area contributed by atoms with Crippen LogP contribution in [-0.4, -0.2) is 16.0 Å². The van der Waals surface area contributed by atoms with Gasteiger partial charge in [-0.05, 0) is 38.3 Å². The van der Waals surface area contributed by atoms with Crippen LogP contribution < -0.4 is 10.6 Å². The molecule has 4 nitrogen and oxygen atoms in total. The number of nitrogens with one attached hydrogen (secondary N) is 2. The van der Waals surface area contributed by atoms with Gasteiger partial charge in [-0.1, -0.05) is 32.0 Å². The van der Waals surface area contributed by atoms with Gasteiger partial charge in [0.2, 0.25) is 5.95 Å². The molecule has 0 aliphatic carbocycles. The van der Waals surface area contributed by atoms with E-state index < -0.39 is 0 Å². The van der Waals surface area contributed by atoms with E-state index in [1.54, 1.807) is 0 Å². The van der Waals surface area contributed by atoms with Gasteiger partial charge < -0.3 is 10.6 Å². The van der Waals surface area contributed by atoms with Gasteiger partial charge >= 0.3 is 0 Å². The third kappa shape index (κ3) is 4.18. The second-order valence-electron chi connectivity index (χ2n) is 5.31. The number of rotatable bonds is 6. The van der Waals surface area contributed by atoms with E-state index in [9.17, 15) is 0 Å². The Kier molecular flexibility index (Phi) is 5.14. The molecule has 1 heterocycles. The third-order valence-electron chi connectivity index (χ3n) is 3.50. The highest BCUT2D eigenvalue weighted by molar-refractivity contribution is 5.61. The number of aromatic nitrogens is 2. The predicted octanol–water partition coefficient (Wildman–Crippen LogP) is 4.30. The predicted molar refractivity (Wildman–Crippen MR) is 89.2 cm³/mol. The van der Waals surface area contributed by atoms with Crippen LogP contribution in [0.25, 0.3) is 0 Å². The number of benzene rings is 1. The van der Waals surface area contributed by atoms with Gasteiger partial charge in [0, 0.05) is 23.5 Å². The second-order valence-corrected chi connectivity index (χ2v) is 5.31. The first-order valence-electron chi connectivity index (χ1n) is 7.59. The molecule has 0 spiro atoms. The molecule has 0 bridgehead atoms. The summed E-state index contributed by atoms with van der Waals surface area (Å²) in [6, 6.07) is 10.6. The minimum Gasteiger partial charge on any atom is -0.352 e. The third-order valence-corrected chi connectivity index (χ3v) is 3.50. The van der Waals surface area contributed by atoms with Crippen molar-refractivity contribution in [2.24, 2.45) is 0 Å². The molecule has 1 aromatic carbocycles. The van der Waals surface area contributed by atoms with Gasteiger partial charge in [-0.2, -0.15) is 4.98 Å². The van der Waals surface area contributed by atoms with Crippen LogP contribution in [0.5, 0.6) is 0 Å². The standard InChI is InChI=1S/C17H24N4/c1-5-12(3)18-17-19-13(4)11-16(21-17)20-15-10-8-7-9-14(15)6-2/h7-12H,5-6H2,1-4H3,(H2,18,19,20,21). The topological polar surface area (TPSA) is 49.8 Å². The number of anilines is 3. The van der Waals surface area contributed by atoms with E-state index in [1.807, 2.05) is 19.1 Å². The Hall–Kier alpha value is -2.10. The highest BCUT2D eigenvalue weighted by Crippen LogP contribution is 2.21. The van der Waals surface area contributed by atoms with E-state index in [4.69, 9.17) is 0 Å². The number of aryl methyl sites for hydroxylation is 2. The molecule has 21 heavy (non-hydrogen) atoms. The lowest BCUT2D eigenvalue weighted by Crippen LogP contribution is -2.16. The monoisotopic (exact) mass is 284 g/mol. The van der Waals surface area contributed by atoms with Crippen LogP contribution in [0, 0.1) is 6.92 Å². The maximum atomic E-state index is 4.56. The van der Waals surface area contributed by atoms with E-state index >= 15 is 0 Å². The first kappa shape index (κ1) is 15.3. The Balaban J connectivity index is 2.23. The van der Waals surface area contributed by atoms with E-state index in [0.29, 0.717) is 12.0 Å². The van der Waals surface area contributed by atoms with Gasteiger partial charge in [0.15, 0.2) is 0 Å². The van der Waals surface area contributed by atoms with Crippen LogP contribution in [0.3, 0.4) is 0 Å². The molecular formula is C17H24N4. The minimum atomic E-state index is 0.363. The van der Waals surface area contributed by atoms with Crippen molar-refractivity contribution in [2.45, 2.75) is 46.6 Å². The molecule has 2 rings (SSSR count). The van der Waals surface area contributed by atoms with Crippen LogP contribution in [-0.2, 0) is 6.42 Å². The van der Waals surface area contributed by atoms with Crippen LogP contribution in [0.1, 0.15) is 38.4 Å². The summed E-state index contributed by atoms with van der Waals surface area (Å²) in [4.78, 5) is 9.00. The van der Waals surface area contributed by atoms with Gasteiger partial charge in [-0.25, -0.2) is 4.98 Å². The first-order valence-corrected chi connectivity index (χ1v) is 7.59. The van der Waals surface area contributed by atoms with E-state index in [1.165, 1.54) is 5.56 Å². The van der Waals surface area contributed by atoms with E-state index in [-0.39, 0.29) is 0 Å². The van der Waals surface area contributed by atoms with Gasteiger partial charge in [0.1, 0.15) is 5.82 Å². The molecule has 1 atom stereocenters. The van der Waals surface area contributed by atoms with E-state index in [0.717, 1.165) is 30.0 Å². The molecule has 0 radical (unpaired) electrons. The minimum absolute atomic E-state index is 0.363. The maximum Gasteiger partial charge on any atom is 0.225 e. The Labute approximate surface area is 127 Å².